The summed E-state index contributed by atoms with van der Waals surface area (Å²) in [6, 6.07) is 0.775. The Kier molecular flexibility index (Phi) is 5.97. The fraction of sp³-hybridized carbons (Fsp3) is 1.00. The molecule has 1 saturated heterocycles. The Labute approximate surface area is 114 Å². The molecule has 1 heterocycles. The minimum atomic E-state index is 0.775. The maximum Gasteiger partial charge on any atom is 0.0207 e. The van der Waals surface area contributed by atoms with Crippen LogP contribution in [0.2, 0.25) is 0 Å². The Hall–Kier alpha value is -0.0800. The van der Waals surface area contributed by atoms with Gasteiger partial charge in [-0.25, -0.2) is 0 Å². The fourth-order valence-electron chi connectivity index (χ4n) is 3.70. The van der Waals surface area contributed by atoms with Gasteiger partial charge >= 0.3 is 0 Å². The molecular formula is C16H32N2. The van der Waals surface area contributed by atoms with Crippen molar-refractivity contribution in [1.82, 2.24) is 10.2 Å². The second kappa shape index (κ2) is 7.49. The Morgan fingerprint density at radius 3 is 2.39 bits per heavy atom. The SMILES string of the molecule is CCCNC1CCN(CC2CCC(CC)CC2)C1. The van der Waals surface area contributed by atoms with Crippen molar-refractivity contribution in [3.63, 3.8) is 0 Å². The van der Waals surface area contributed by atoms with Crippen LogP contribution in [0.1, 0.15) is 58.8 Å². The van der Waals surface area contributed by atoms with Crippen molar-refractivity contribution < 1.29 is 0 Å². The molecule has 0 spiro atoms. The van der Waals surface area contributed by atoms with E-state index in [4.69, 9.17) is 0 Å². The molecule has 1 N–H and O–H groups in total. The maximum absolute atomic E-state index is 3.67. The lowest BCUT2D eigenvalue weighted by Crippen LogP contribution is -2.35. The van der Waals surface area contributed by atoms with E-state index in [1.807, 2.05) is 0 Å². The highest BCUT2D eigenvalue weighted by molar-refractivity contribution is 4.83. The second-order valence-electron chi connectivity index (χ2n) is 6.49. The number of likely N-dealkylation sites (tertiary alicyclic amines) is 1. The summed E-state index contributed by atoms with van der Waals surface area (Å²) < 4.78 is 0. The first-order valence-corrected chi connectivity index (χ1v) is 8.27. The van der Waals surface area contributed by atoms with Crippen LogP contribution in [-0.4, -0.2) is 37.1 Å². The quantitative estimate of drug-likeness (QED) is 0.780. The van der Waals surface area contributed by atoms with Crippen molar-refractivity contribution >= 4 is 0 Å². The molecule has 2 aliphatic rings. The van der Waals surface area contributed by atoms with Crippen LogP contribution in [0.3, 0.4) is 0 Å². The Balaban J connectivity index is 1.63. The van der Waals surface area contributed by atoms with E-state index in [-0.39, 0.29) is 0 Å². The molecule has 0 amide bonds. The molecule has 2 rings (SSSR count). The lowest BCUT2D eigenvalue weighted by Gasteiger charge is -2.30. The van der Waals surface area contributed by atoms with E-state index in [1.54, 1.807) is 0 Å². The molecule has 1 unspecified atom stereocenters. The summed E-state index contributed by atoms with van der Waals surface area (Å²) in [5, 5.41) is 3.67. The van der Waals surface area contributed by atoms with E-state index >= 15 is 0 Å². The van der Waals surface area contributed by atoms with Crippen LogP contribution in [-0.2, 0) is 0 Å². The van der Waals surface area contributed by atoms with Gasteiger partial charge in [-0.3, -0.25) is 0 Å². The van der Waals surface area contributed by atoms with Crippen LogP contribution in [0, 0.1) is 11.8 Å². The third kappa shape index (κ3) is 4.24. The number of hydrogen-bond acceptors (Lipinski definition) is 2. The van der Waals surface area contributed by atoms with Crippen LogP contribution in [0.25, 0.3) is 0 Å². The Morgan fingerprint density at radius 2 is 1.72 bits per heavy atom. The molecule has 0 bridgehead atoms. The van der Waals surface area contributed by atoms with Crippen LogP contribution in [0.4, 0.5) is 0 Å². The highest BCUT2D eigenvalue weighted by atomic mass is 15.2. The first kappa shape index (κ1) is 14.3. The minimum Gasteiger partial charge on any atom is -0.313 e. The molecule has 1 aliphatic carbocycles. The van der Waals surface area contributed by atoms with Gasteiger partial charge in [-0.2, -0.15) is 0 Å². The number of rotatable bonds is 6. The monoisotopic (exact) mass is 252 g/mol. The molecule has 2 nitrogen and oxygen atoms in total. The highest BCUT2D eigenvalue weighted by Gasteiger charge is 2.26. The summed E-state index contributed by atoms with van der Waals surface area (Å²) in [7, 11) is 0. The summed E-state index contributed by atoms with van der Waals surface area (Å²) in [5.74, 6) is 2.04. The Bertz CT molecular complexity index is 221. The van der Waals surface area contributed by atoms with Gasteiger partial charge in [-0.05, 0) is 50.6 Å². The highest BCUT2D eigenvalue weighted by Crippen LogP contribution is 2.31. The zero-order valence-electron chi connectivity index (χ0n) is 12.5. The largest absolute Gasteiger partial charge is 0.313 e. The van der Waals surface area contributed by atoms with Gasteiger partial charge in [0.05, 0.1) is 0 Å². The average molecular weight is 252 g/mol. The van der Waals surface area contributed by atoms with E-state index in [9.17, 15) is 0 Å². The summed E-state index contributed by atoms with van der Waals surface area (Å²) in [6.45, 7) is 9.81. The lowest BCUT2D eigenvalue weighted by molar-refractivity contribution is 0.199. The molecular weight excluding hydrogens is 220 g/mol. The van der Waals surface area contributed by atoms with Crippen LogP contribution in [0.5, 0.6) is 0 Å². The molecule has 0 aromatic carbocycles. The van der Waals surface area contributed by atoms with Crippen molar-refractivity contribution in [2.45, 2.75) is 64.8 Å². The fourth-order valence-corrected chi connectivity index (χ4v) is 3.70. The van der Waals surface area contributed by atoms with Crippen molar-refractivity contribution in [3.8, 4) is 0 Å². The molecule has 1 atom stereocenters. The molecule has 18 heavy (non-hydrogen) atoms. The van der Waals surface area contributed by atoms with E-state index < -0.39 is 0 Å². The molecule has 1 aliphatic heterocycles. The van der Waals surface area contributed by atoms with Crippen LogP contribution < -0.4 is 5.32 Å². The third-order valence-corrected chi connectivity index (χ3v) is 5.02. The van der Waals surface area contributed by atoms with Crippen molar-refractivity contribution in [2.24, 2.45) is 11.8 Å². The zero-order valence-corrected chi connectivity index (χ0v) is 12.5. The first-order chi connectivity index (χ1) is 8.81. The van der Waals surface area contributed by atoms with Gasteiger partial charge in [0.1, 0.15) is 0 Å². The Morgan fingerprint density at radius 1 is 1.00 bits per heavy atom. The van der Waals surface area contributed by atoms with Gasteiger partial charge < -0.3 is 10.2 Å². The molecule has 106 valence electrons. The molecule has 0 aromatic rings. The van der Waals surface area contributed by atoms with E-state index in [1.165, 1.54) is 71.1 Å². The molecule has 1 saturated carbocycles. The summed E-state index contributed by atoms with van der Waals surface area (Å²) in [5.41, 5.74) is 0. The summed E-state index contributed by atoms with van der Waals surface area (Å²) in [6.07, 6.45) is 9.99. The third-order valence-electron chi connectivity index (χ3n) is 5.02. The summed E-state index contributed by atoms with van der Waals surface area (Å²) in [4.78, 5) is 2.71. The molecule has 0 aromatic heterocycles. The van der Waals surface area contributed by atoms with Gasteiger partial charge in [0.25, 0.3) is 0 Å². The lowest BCUT2D eigenvalue weighted by atomic mass is 9.81. The predicted octanol–water partition coefficient (Wildman–Crippen LogP) is 3.28. The standard InChI is InChI=1S/C16H32N2/c1-3-10-17-16-9-11-18(13-16)12-15-7-5-14(4-2)6-8-15/h14-17H,3-13H2,1-2H3. The minimum absolute atomic E-state index is 0.775. The van der Waals surface area contributed by atoms with Gasteiger partial charge in [-0.15, -0.1) is 0 Å². The first-order valence-electron chi connectivity index (χ1n) is 8.27. The van der Waals surface area contributed by atoms with Crippen LogP contribution in [0.15, 0.2) is 0 Å². The molecule has 0 radical (unpaired) electrons. The molecule has 2 heteroatoms. The topological polar surface area (TPSA) is 15.3 Å². The van der Waals surface area contributed by atoms with Gasteiger partial charge in [0.15, 0.2) is 0 Å². The van der Waals surface area contributed by atoms with Crippen molar-refractivity contribution in [2.75, 3.05) is 26.2 Å². The van der Waals surface area contributed by atoms with E-state index in [0.29, 0.717) is 0 Å². The number of nitrogens with zero attached hydrogens (tertiary/aromatic N) is 1. The zero-order chi connectivity index (χ0) is 12.8. The normalized spacial score (nSPS) is 34.0. The van der Waals surface area contributed by atoms with Gasteiger partial charge in [0.2, 0.25) is 0 Å². The van der Waals surface area contributed by atoms with Gasteiger partial charge in [-0.1, -0.05) is 33.1 Å². The second-order valence-corrected chi connectivity index (χ2v) is 6.49. The predicted molar refractivity (Wildman–Crippen MR) is 78.9 cm³/mol. The van der Waals surface area contributed by atoms with E-state index in [2.05, 4.69) is 24.1 Å². The maximum atomic E-state index is 3.67. The van der Waals surface area contributed by atoms with Crippen LogP contribution >= 0.6 is 0 Å². The van der Waals surface area contributed by atoms with Crippen molar-refractivity contribution in [1.29, 1.82) is 0 Å². The van der Waals surface area contributed by atoms with Crippen molar-refractivity contribution in [3.05, 3.63) is 0 Å². The number of nitrogens with one attached hydrogen (secondary N) is 1. The van der Waals surface area contributed by atoms with E-state index in [0.717, 1.165) is 17.9 Å². The number of hydrogen-bond donors (Lipinski definition) is 1. The molecule has 2 fully saturated rings. The summed E-state index contributed by atoms with van der Waals surface area (Å²) >= 11 is 0. The average Bonchev–Trinajstić information content (AvgIpc) is 2.85. The van der Waals surface area contributed by atoms with Gasteiger partial charge in [0, 0.05) is 19.1 Å². The smallest absolute Gasteiger partial charge is 0.0207 e.